The van der Waals surface area contributed by atoms with E-state index >= 15 is 0 Å². The number of halogens is 7. The monoisotopic (exact) mass is 509 g/mol. The van der Waals surface area contributed by atoms with Crippen molar-refractivity contribution >= 4 is 44.3 Å². The molecule has 0 spiro atoms. The maximum Gasteiger partial charge on any atom is 0.416 e. The molecule has 6 nitrogen and oxygen atoms in total. The van der Waals surface area contributed by atoms with Crippen LogP contribution in [-0.4, -0.2) is 45.1 Å². The predicted molar refractivity (Wildman–Crippen MR) is 109 cm³/mol. The second-order valence-corrected chi connectivity index (χ2v) is 8.78. The summed E-state index contributed by atoms with van der Waals surface area (Å²) in [4.78, 5) is 25.4. The molecular weight excluding hydrogens is 496 g/mol. The minimum Gasteiger partial charge on any atom is -0.324 e. The number of carbonyl (C=O) groups is 1. The van der Waals surface area contributed by atoms with E-state index in [4.69, 9.17) is 11.6 Å². The van der Waals surface area contributed by atoms with Crippen LogP contribution in [0.3, 0.4) is 0 Å². The summed E-state index contributed by atoms with van der Waals surface area (Å²) in [6.45, 7) is -0.497. The van der Waals surface area contributed by atoms with Gasteiger partial charge in [0.2, 0.25) is 0 Å². The van der Waals surface area contributed by atoms with Gasteiger partial charge in [-0.15, -0.1) is 0 Å². The van der Waals surface area contributed by atoms with E-state index in [1.165, 1.54) is 17.2 Å². The first-order valence-electron chi connectivity index (χ1n) is 9.48. The summed E-state index contributed by atoms with van der Waals surface area (Å²) in [6, 6.07) is 2.29. The number of thiazole rings is 1. The maximum absolute atomic E-state index is 14.0. The van der Waals surface area contributed by atoms with Gasteiger partial charge in [0.25, 0.3) is 0 Å². The Morgan fingerprint density at radius 3 is 2.36 bits per heavy atom. The summed E-state index contributed by atoms with van der Waals surface area (Å²) in [5.74, 6) is 0. The number of anilines is 1. The number of piperidine rings is 1. The molecule has 0 saturated carbocycles. The van der Waals surface area contributed by atoms with Crippen LogP contribution in [0, 0.1) is 0 Å². The zero-order valence-electron chi connectivity index (χ0n) is 16.5. The predicted octanol–water partition coefficient (Wildman–Crippen LogP) is 5.89. The van der Waals surface area contributed by atoms with E-state index in [1.54, 1.807) is 0 Å². The number of nitrogens with zero attached hydrogens (tertiary/aromatic N) is 4. The zero-order valence-corrected chi connectivity index (χ0v) is 18.0. The summed E-state index contributed by atoms with van der Waals surface area (Å²) in [6.07, 6.45) is -7.82. The van der Waals surface area contributed by atoms with Crippen molar-refractivity contribution in [3.63, 3.8) is 0 Å². The Kier molecular flexibility index (Phi) is 5.89. The van der Waals surface area contributed by atoms with Crippen molar-refractivity contribution in [2.45, 2.75) is 30.6 Å². The van der Waals surface area contributed by atoms with Gasteiger partial charge in [-0.25, -0.2) is 14.8 Å². The first-order chi connectivity index (χ1) is 15.4. The number of benzene rings is 1. The van der Waals surface area contributed by atoms with E-state index in [1.807, 2.05) is 0 Å². The lowest BCUT2D eigenvalue weighted by atomic mass is 9.75. The van der Waals surface area contributed by atoms with Gasteiger partial charge in [-0.3, -0.25) is 10.3 Å². The molecule has 4 rings (SSSR count). The highest BCUT2D eigenvalue weighted by Crippen LogP contribution is 2.49. The van der Waals surface area contributed by atoms with Crippen LogP contribution in [0.2, 0.25) is 5.15 Å². The number of amides is 2. The van der Waals surface area contributed by atoms with Gasteiger partial charge >= 0.3 is 18.4 Å². The van der Waals surface area contributed by atoms with E-state index in [0.717, 1.165) is 29.7 Å². The Morgan fingerprint density at radius 1 is 1.09 bits per heavy atom. The summed E-state index contributed by atoms with van der Waals surface area (Å²) in [5.41, 5.74) is -3.32. The molecule has 1 aliphatic heterocycles. The third kappa shape index (κ3) is 4.43. The molecule has 2 aromatic heterocycles. The Bertz CT molecular complexity index is 1190. The lowest BCUT2D eigenvalue weighted by molar-refractivity contribution is -0.202. The molecule has 0 aliphatic carbocycles. The lowest BCUT2D eigenvalue weighted by Crippen LogP contribution is -2.53. The molecule has 1 N–H and O–H groups in total. The third-order valence-electron chi connectivity index (χ3n) is 5.48. The molecule has 0 atom stereocenters. The second-order valence-electron chi connectivity index (χ2n) is 7.39. The molecule has 2 amide bonds. The number of carbonyl (C=O) groups excluding carboxylic acids is 1. The first-order valence-corrected chi connectivity index (χ1v) is 10.7. The van der Waals surface area contributed by atoms with Crippen LogP contribution in [0.15, 0.2) is 30.6 Å². The fraction of sp³-hybridized carbons (Fsp3) is 0.368. The quantitative estimate of drug-likeness (QED) is 0.438. The van der Waals surface area contributed by atoms with Gasteiger partial charge in [-0.2, -0.15) is 26.3 Å². The molecule has 0 bridgehead atoms. The smallest absolute Gasteiger partial charge is 0.324 e. The van der Waals surface area contributed by atoms with Crippen LogP contribution in [0.25, 0.3) is 10.2 Å². The Hall–Kier alpha value is -2.67. The van der Waals surface area contributed by atoms with Crippen molar-refractivity contribution in [3.05, 3.63) is 47.0 Å². The van der Waals surface area contributed by atoms with Crippen molar-refractivity contribution in [1.82, 2.24) is 19.9 Å². The number of aromatic nitrogens is 3. The van der Waals surface area contributed by atoms with Crippen LogP contribution < -0.4 is 5.32 Å². The molecule has 0 unspecified atom stereocenters. The topological polar surface area (TPSA) is 71.0 Å². The molecule has 176 valence electrons. The summed E-state index contributed by atoms with van der Waals surface area (Å²) >= 11 is 6.73. The van der Waals surface area contributed by atoms with Crippen LogP contribution in [0.4, 0.5) is 36.3 Å². The van der Waals surface area contributed by atoms with Crippen LogP contribution in [-0.2, 0) is 11.6 Å². The van der Waals surface area contributed by atoms with E-state index < -0.39 is 42.2 Å². The largest absolute Gasteiger partial charge is 0.416 e. The lowest BCUT2D eigenvalue weighted by Gasteiger charge is -2.42. The minimum atomic E-state index is -4.67. The van der Waals surface area contributed by atoms with Crippen molar-refractivity contribution in [2.24, 2.45) is 0 Å². The van der Waals surface area contributed by atoms with Crippen LogP contribution in [0.1, 0.15) is 24.1 Å². The van der Waals surface area contributed by atoms with Crippen molar-refractivity contribution in [1.29, 1.82) is 0 Å². The molecule has 0 radical (unpaired) electrons. The molecule has 33 heavy (non-hydrogen) atoms. The number of hydrogen-bond acceptors (Lipinski definition) is 5. The molecule has 1 aliphatic rings. The first kappa shape index (κ1) is 23.5. The molecular formula is C19H14ClF6N5OS. The van der Waals surface area contributed by atoms with Gasteiger partial charge in [0.1, 0.15) is 5.41 Å². The molecule has 3 aromatic rings. The number of likely N-dealkylation sites (tertiary alicyclic amines) is 1. The Balaban J connectivity index is 1.50. The van der Waals surface area contributed by atoms with Gasteiger partial charge in [0, 0.05) is 25.5 Å². The van der Waals surface area contributed by atoms with Gasteiger partial charge in [0.15, 0.2) is 10.3 Å². The number of rotatable bonds is 2. The second kappa shape index (κ2) is 8.28. The fourth-order valence-electron chi connectivity index (χ4n) is 3.71. The van der Waals surface area contributed by atoms with Crippen molar-refractivity contribution in [3.8, 4) is 0 Å². The maximum atomic E-state index is 14.0. The van der Waals surface area contributed by atoms with E-state index in [2.05, 4.69) is 20.3 Å². The van der Waals surface area contributed by atoms with Gasteiger partial charge < -0.3 is 4.90 Å². The van der Waals surface area contributed by atoms with E-state index in [0.29, 0.717) is 0 Å². The standard InChI is InChI=1S/C19H14ClF6N5OS/c20-14-13(27-5-6-28-14)17(19(24,25)26)3-7-31(8-4-17)16(32)30-15-29-11-2-1-10(18(21,22)23)9-12(11)33-15/h1-2,5-6,9H,3-4,7-8H2,(H,29,30,32). The normalized spacial score (nSPS) is 16.8. The molecule has 1 aromatic carbocycles. The van der Waals surface area contributed by atoms with Gasteiger partial charge in [0.05, 0.1) is 21.5 Å². The molecule has 1 fully saturated rings. The van der Waals surface area contributed by atoms with Crippen LogP contribution >= 0.6 is 22.9 Å². The van der Waals surface area contributed by atoms with Gasteiger partial charge in [-0.05, 0) is 31.0 Å². The number of alkyl halides is 6. The Labute approximate surface area is 191 Å². The van der Waals surface area contributed by atoms with E-state index in [-0.39, 0.29) is 39.3 Å². The molecule has 1 saturated heterocycles. The molecule has 14 heteroatoms. The number of urea groups is 1. The van der Waals surface area contributed by atoms with Crippen LogP contribution in [0.5, 0.6) is 0 Å². The number of nitrogens with one attached hydrogen (secondary N) is 1. The highest BCUT2D eigenvalue weighted by Gasteiger charge is 2.59. The third-order valence-corrected chi connectivity index (χ3v) is 6.69. The minimum absolute atomic E-state index is 0.0407. The highest BCUT2D eigenvalue weighted by molar-refractivity contribution is 7.22. The highest BCUT2D eigenvalue weighted by atomic mass is 35.5. The zero-order chi connectivity index (χ0) is 24.0. The van der Waals surface area contributed by atoms with E-state index in [9.17, 15) is 31.1 Å². The van der Waals surface area contributed by atoms with Crippen molar-refractivity contribution in [2.75, 3.05) is 18.4 Å². The SMILES string of the molecule is O=C(Nc1nc2ccc(C(F)(F)F)cc2s1)N1CCC(c2nccnc2Cl)(C(F)(F)F)CC1. The number of hydrogen-bond donors (Lipinski definition) is 1. The average Bonchev–Trinajstić information content (AvgIpc) is 3.14. The van der Waals surface area contributed by atoms with Crippen molar-refractivity contribution < 1.29 is 31.1 Å². The summed E-state index contributed by atoms with van der Waals surface area (Å²) < 4.78 is 81.0. The Morgan fingerprint density at radius 2 is 1.76 bits per heavy atom. The molecule has 3 heterocycles. The summed E-state index contributed by atoms with van der Waals surface area (Å²) in [5, 5.41) is 2.15. The average molecular weight is 510 g/mol. The fourth-order valence-corrected chi connectivity index (χ4v) is 4.89. The number of fused-ring (bicyclic) bond motifs is 1. The van der Waals surface area contributed by atoms with Gasteiger partial charge in [-0.1, -0.05) is 22.9 Å². The summed E-state index contributed by atoms with van der Waals surface area (Å²) in [7, 11) is 0.